The van der Waals surface area contributed by atoms with Crippen LogP contribution in [0, 0.1) is 0 Å². The first-order valence-electron chi connectivity index (χ1n) is 9.68. The summed E-state index contributed by atoms with van der Waals surface area (Å²) in [5.74, 6) is 1.40. The van der Waals surface area contributed by atoms with Crippen molar-refractivity contribution < 1.29 is 4.79 Å². The van der Waals surface area contributed by atoms with Gasteiger partial charge in [-0.25, -0.2) is 9.97 Å². The van der Waals surface area contributed by atoms with Crippen LogP contribution in [-0.4, -0.2) is 25.7 Å². The molecular formula is C22H24N6OS. The predicted octanol–water partition coefficient (Wildman–Crippen LogP) is 4.65. The molecule has 4 aromatic rings. The molecule has 0 aliphatic heterocycles. The SMILES string of the molecule is Cn1nc(C(C)(C)C)cc1NC(=O)Cc1ccc(Nc2ncnc3sccc23)cc1. The predicted molar refractivity (Wildman–Crippen MR) is 121 cm³/mol. The number of benzene rings is 1. The van der Waals surface area contributed by atoms with Gasteiger partial charge in [-0.2, -0.15) is 5.10 Å². The molecule has 3 heterocycles. The van der Waals surface area contributed by atoms with E-state index < -0.39 is 0 Å². The van der Waals surface area contributed by atoms with Crippen LogP contribution in [0.4, 0.5) is 17.3 Å². The molecule has 0 aliphatic rings. The average Bonchev–Trinajstić information content (AvgIpc) is 3.31. The average molecular weight is 421 g/mol. The maximum atomic E-state index is 12.5. The molecule has 0 saturated carbocycles. The van der Waals surface area contributed by atoms with Crippen molar-refractivity contribution in [1.82, 2.24) is 19.7 Å². The summed E-state index contributed by atoms with van der Waals surface area (Å²) in [7, 11) is 1.84. The highest BCUT2D eigenvalue weighted by molar-refractivity contribution is 7.16. The van der Waals surface area contributed by atoms with Crippen molar-refractivity contribution in [2.75, 3.05) is 10.6 Å². The zero-order valence-electron chi connectivity index (χ0n) is 17.4. The van der Waals surface area contributed by atoms with E-state index in [0.717, 1.165) is 33.0 Å². The lowest BCUT2D eigenvalue weighted by Crippen LogP contribution is -2.16. The molecule has 0 saturated heterocycles. The molecule has 0 spiro atoms. The Morgan fingerprint density at radius 2 is 1.90 bits per heavy atom. The van der Waals surface area contributed by atoms with Crippen LogP contribution in [0.15, 0.2) is 48.1 Å². The smallest absolute Gasteiger partial charge is 0.229 e. The van der Waals surface area contributed by atoms with E-state index in [1.54, 1.807) is 22.3 Å². The molecule has 0 radical (unpaired) electrons. The second-order valence-corrected chi connectivity index (χ2v) is 9.09. The standard InChI is InChI=1S/C22H24N6OS/c1-22(2,3)17-12-18(28(4)27-17)26-19(29)11-14-5-7-15(8-6-14)25-20-16-9-10-30-21(16)24-13-23-20/h5-10,12-13H,11H2,1-4H3,(H,26,29)(H,23,24,25). The minimum atomic E-state index is -0.0741. The molecule has 4 rings (SSSR count). The summed E-state index contributed by atoms with van der Waals surface area (Å²) < 4.78 is 1.71. The van der Waals surface area contributed by atoms with E-state index in [2.05, 4.69) is 46.5 Å². The number of aromatic nitrogens is 4. The molecule has 0 atom stereocenters. The number of rotatable bonds is 5. The van der Waals surface area contributed by atoms with Crippen molar-refractivity contribution in [2.45, 2.75) is 32.6 Å². The lowest BCUT2D eigenvalue weighted by Gasteiger charge is -2.13. The molecule has 7 nitrogen and oxygen atoms in total. The van der Waals surface area contributed by atoms with E-state index in [1.165, 1.54) is 0 Å². The molecule has 2 N–H and O–H groups in total. The molecule has 30 heavy (non-hydrogen) atoms. The Hall–Kier alpha value is -3.26. The number of aryl methyl sites for hydroxylation is 1. The van der Waals surface area contributed by atoms with Crippen LogP contribution in [0.25, 0.3) is 10.2 Å². The van der Waals surface area contributed by atoms with E-state index >= 15 is 0 Å². The summed E-state index contributed by atoms with van der Waals surface area (Å²) in [4.78, 5) is 22.0. The van der Waals surface area contributed by atoms with Gasteiger partial charge in [0.15, 0.2) is 0 Å². The molecule has 8 heteroatoms. The molecule has 1 aromatic carbocycles. The molecule has 1 amide bonds. The van der Waals surface area contributed by atoms with Crippen LogP contribution in [0.1, 0.15) is 32.0 Å². The number of carbonyl (C=O) groups is 1. The van der Waals surface area contributed by atoms with Gasteiger partial charge in [0.2, 0.25) is 5.91 Å². The highest BCUT2D eigenvalue weighted by atomic mass is 32.1. The Bertz CT molecular complexity index is 1190. The van der Waals surface area contributed by atoms with Crippen molar-refractivity contribution in [1.29, 1.82) is 0 Å². The van der Waals surface area contributed by atoms with Crippen LogP contribution < -0.4 is 10.6 Å². The zero-order chi connectivity index (χ0) is 21.3. The van der Waals surface area contributed by atoms with E-state index in [4.69, 9.17) is 0 Å². The number of anilines is 3. The van der Waals surface area contributed by atoms with Gasteiger partial charge in [-0.05, 0) is 29.1 Å². The first-order valence-corrected chi connectivity index (χ1v) is 10.6. The maximum Gasteiger partial charge on any atom is 0.229 e. The molecule has 0 unspecified atom stereocenters. The van der Waals surface area contributed by atoms with Gasteiger partial charge in [-0.3, -0.25) is 9.48 Å². The third-order valence-corrected chi connectivity index (χ3v) is 5.58. The van der Waals surface area contributed by atoms with Crippen molar-refractivity contribution >= 4 is 44.8 Å². The number of thiophene rings is 1. The number of hydrogen-bond donors (Lipinski definition) is 2. The van der Waals surface area contributed by atoms with Gasteiger partial charge < -0.3 is 10.6 Å². The lowest BCUT2D eigenvalue weighted by molar-refractivity contribution is -0.115. The van der Waals surface area contributed by atoms with E-state index in [0.29, 0.717) is 12.2 Å². The van der Waals surface area contributed by atoms with Gasteiger partial charge in [0.1, 0.15) is 22.8 Å². The molecule has 0 fully saturated rings. The molecule has 154 valence electrons. The van der Waals surface area contributed by atoms with Gasteiger partial charge in [0.25, 0.3) is 0 Å². The van der Waals surface area contributed by atoms with E-state index in [9.17, 15) is 4.79 Å². The van der Waals surface area contributed by atoms with Crippen LogP contribution in [0.5, 0.6) is 0 Å². The number of nitrogens with zero attached hydrogens (tertiary/aromatic N) is 4. The Labute approximate surface area is 179 Å². The summed E-state index contributed by atoms with van der Waals surface area (Å²) in [6, 6.07) is 11.7. The summed E-state index contributed by atoms with van der Waals surface area (Å²) in [6.45, 7) is 6.30. The van der Waals surface area contributed by atoms with Gasteiger partial charge in [-0.15, -0.1) is 11.3 Å². The number of amides is 1. The largest absolute Gasteiger partial charge is 0.340 e. The summed E-state index contributed by atoms with van der Waals surface area (Å²) in [6.07, 6.45) is 1.85. The highest BCUT2D eigenvalue weighted by Gasteiger charge is 2.19. The molecule has 0 aliphatic carbocycles. The van der Waals surface area contributed by atoms with Crippen molar-refractivity contribution in [3.05, 3.63) is 59.4 Å². The van der Waals surface area contributed by atoms with Crippen LogP contribution in [-0.2, 0) is 23.7 Å². The summed E-state index contributed by atoms with van der Waals surface area (Å²) in [5.41, 5.74) is 2.72. The Balaban J connectivity index is 1.40. The van der Waals surface area contributed by atoms with Gasteiger partial charge in [-0.1, -0.05) is 32.9 Å². The van der Waals surface area contributed by atoms with Gasteiger partial charge in [0.05, 0.1) is 17.5 Å². The van der Waals surface area contributed by atoms with E-state index in [1.807, 2.05) is 48.8 Å². The number of fused-ring (bicyclic) bond motifs is 1. The third kappa shape index (κ3) is 4.33. The van der Waals surface area contributed by atoms with Crippen molar-refractivity contribution in [2.24, 2.45) is 7.05 Å². The van der Waals surface area contributed by atoms with E-state index in [-0.39, 0.29) is 11.3 Å². The fourth-order valence-corrected chi connectivity index (χ4v) is 3.79. The molecular weight excluding hydrogens is 396 g/mol. The number of hydrogen-bond acceptors (Lipinski definition) is 6. The first-order chi connectivity index (χ1) is 14.3. The lowest BCUT2D eigenvalue weighted by atomic mass is 9.92. The van der Waals surface area contributed by atoms with Gasteiger partial charge >= 0.3 is 0 Å². The monoisotopic (exact) mass is 420 g/mol. The topological polar surface area (TPSA) is 84.7 Å². The Kier molecular flexibility index (Phi) is 5.26. The third-order valence-electron chi connectivity index (χ3n) is 4.76. The summed E-state index contributed by atoms with van der Waals surface area (Å²) in [5, 5.41) is 13.8. The van der Waals surface area contributed by atoms with Gasteiger partial charge in [0, 0.05) is 24.2 Å². The molecule has 3 aromatic heterocycles. The maximum absolute atomic E-state index is 12.5. The Morgan fingerprint density at radius 3 is 2.60 bits per heavy atom. The highest BCUT2D eigenvalue weighted by Crippen LogP contribution is 2.27. The molecule has 0 bridgehead atoms. The minimum absolute atomic E-state index is 0.0676. The van der Waals surface area contributed by atoms with Crippen LogP contribution >= 0.6 is 11.3 Å². The second-order valence-electron chi connectivity index (χ2n) is 8.20. The second kappa shape index (κ2) is 7.87. The van der Waals surface area contributed by atoms with Crippen molar-refractivity contribution in [3.63, 3.8) is 0 Å². The number of carbonyl (C=O) groups excluding carboxylic acids is 1. The summed E-state index contributed by atoms with van der Waals surface area (Å²) >= 11 is 1.58. The Morgan fingerprint density at radius 1 is 1.13 bits per heavy atom. The normalized spacial score (nSPS) is 11.6. The van der Waals surface area contributed by atoms with Crippen LogP contribution in [0.2, 0.25) is 0 Å². The van der Waals surface area contributed by atoms with Crippen molar-refractivity contribution in [3.8, 4) is 0 Å². The fourth-order valence-electron chi connectivity index (χ4n) is 3.06. The number of nitrogens with one attached hydrogen (secondary N) is 2. The zero-order valence-corrected chi connectivity index (χ0v) is 18.2. The first kappa shape index (κ1) is 20.0. The quantitative estimate of drug-likeness (QED) is 0.491. The minimum Gasteiger partial charge on any atom is -0.340 e. The van der Waals surface area contributed by atoms with Crippen LogP contribution in [0.3, 0.4) is 0 Å². The fraction of sp³-hybridized carbons (Fsp3) is 0.273.